The van der Waals surface area contributed by atoms with Crippen molar-refractivity contribution in [3.8, 4) is 0 Å². The summed E-state index contributed by atoms with van der Waals surface area (Å²) in [4.78, 5) is 32.1. The number of halogens is 2. The number of nitrogens with zero attached hydrogens (tertiary/aromatic N) is 3. The number of pyridine rings is 2. The molecule has 0 saturated carbocycles. The van der Waals surface area contributed by atoms with E-state index in [1.54, 1.807) is 0 Å². The minimum absolute atomic E-state index is 0.0114. The van der Waals surface area contributed by atoms with E-state index in [2.05, 4.69) is 39.2 Å². The minimum atomic E-state index is -0.382. The van der Waals surface area contributed by atoms with Gasteiger partial charge in [0.05, 0.1) is 16.2 Å². The molecule has 0 aliphatic carbocycles. The molecule has 0 bridgehead atoms. The predicted octanol–water partition coefficient (Wildman–Crippen LogP) is 3.52. The van der Waals surface area contributed by atoms with Crippen molar-refractivity contribution in [2.45, 2.75) is 26.3 Å². The lowest BCUT2D eigenvalue weighted by atomic mass is 9.97. The van der Waals surface area contributed by atoms with Crippen LogP contribution in [0.15, 0.2) is 29.2 Å². The Morgan fingerprint density at radius 3 is 2.67 bits per heavy atom. The van der Waals surface area contributed by atoms with Gasteiger partial charge in [0.2, 0.25) is 0 Å². The molecule has 1 fully saturated rings. The Morgan fingerprint density at radius 2 is 1.94 bits per heavy atom. The van der Waals surface area contributed by atoms with Crippen molar-refractivity contribution in [2.75, 3.05) is 42.9 Å². The third kappa shape index (κ3) is 4.72. The molecule has 0 spiro atoms. The summed E-state index contributed by atoms with van der Waals surface area (Å²) in [5.74, 6) is -0.0209. The average molecular weight is 472 g/mol. The molecule has 7 nitrogen and oxygen atoms in total. The zero-order chi connectivity index (χ0) is 23.5. The van der Waals surface area contributed by atoms with Crippen LogP contribution in [-0.4, -0.2) is 54.4 Å². The lowest BCUT2D eigenvalue weighted by Gasteiger charge is -2.35. The maximum absolute atomic E-state index is 14.2. The fourth-order valence-electron chi connectivity index (χ4n) is 4.77. The molecule has 0 amide bonds. The lowest BCUT2D eigenvalue weighted by molar-refractivity contribution is -0.0979. The second-order valence-corrected chi connectivity index (χ2v) is 8.83. The molecule has 5 rings (SSSR count). The molecular formula is C24H27ClFN5O2. The first kappa shape index (κ1) is 23.2. The van der Waals surface area contributed by atoms with E-state index >= 15 is 0 Å². The highest BCUT2D eigenvalue weighted by atomic mass is 35.5. The number of aromatic nitrogens is 2. The van der Waals surface area contributed by atoms with Gasteiger partial charge in [0, 0.05) is 56.4 Å². The molecular weight excluding hydrogens is 445 g/mol. The van der Waals surface area contributed by atoms with E-state index in [1.807, 2.05) is 11.7 Å². The maximum atomic E-state index is 14.2. The predicted molar refractivity (Wildman–Crippen MR) is 130 cm³/mol. The number of benzene rings is 1. The normalized spacial score (nSPS) is 16.0. The molecule has 2 aromatic heterocycles. The Kier molecular flexibility index (Phi) is 6.95. The van der Waals surface area contributed by atoms with Crippen molar-refractivity contribution in [2.24, 2.45) is 0 Å². The molecule has 2 aliphatic rings. The van der Waals surface area contributed by atoms with Gasteiger partial charge >= 0.3 is 0 Å². The van der Waals surface area contributed by atoms with Crippen LogP contribution in [0, 0.1) is 12.7 Å². The molecule has 2 aliphatic heterocycles. The molecule has 0 radical (unpaired) electrons. The van der Waals surface area contributed by atoms with E-state index in [0.29, 0.717) is 23.9 Å². The largest absolute Gasteiger partial charge is 0.384 e. The average Bonchev–Trinajstić information content (AvgIpc) is 2.81. The number of carbonyl (C=O) groups is 1. The second-order valence-electron chi connectivity index (χ2n) is 8.40. The summed E-state index contributed by atoms with van der Waals surface area (Å²) >= 11 is 5.82. The maximum Gasteiger partial charge on any atom is 0.253 e. The van der Waals surface area contributed by atoms with Gasteiger partial charge in [0.15, 0.2) is 11.6 Å². The zero-order valence-corrected chi connectivity index (χ0v) is 19.3. The summed E-state index contributed by atoms with van der Waals surface area (Å²) in [5.41, 5.74) is 5.10. The number of fused-ring (bicyclic) bond motifs is 3. The van der Waals surface area contributed by atoms with Crippen molar-refractivity contribution in [1.29, 1.82) is 0 Å². The summed E-state index contributed by atoms with van der Waals surface area (Å²) in [6.07, 6.45) is 3.29. The van der Waals surface area contributed by atoms with Gasteiger partial charge in [-0.05, 0) is 43.0 Å². The highest BCUT2D eigenvalue weighted by Crippen LogP contribution is 2.31. The van der Waals surface area contributed by atoms with Crippen molar-refractivity contribution in [3.05, 3.63) is 62.3 Å². The molecule has 33 heavy (non-hydrogen) atoms. The van der Waals surface area contributed by atoms with Crippen LogP contribution in [0.3, 0.4) is 0 Å². The third-order valence-corrected chi connectivity index (χ3v) is 6.45. The Labute approximate surface area is 196 Å². The molecule has 174 valence electrons. The standard InChI is InChI=1S/C23H25ClFN5O.CH2O/c1-14-9-15(10-19-20(14)21-17(23(31)28-19)3-2-4-26-21)13-29-5-7-30(8-6-29)22-18(25)11-16(24)12-27-22;1-2/h9-12,26H,2-8,13H2,1H3,(H,28,31);1H2. The van der Waals surface area contributed by atoms with Crippen LogP contribution >= 0.6 is 11.6 Å². The quantitative estimate of drug-likeness (QED) is 0.608. The minimum Gasteiger partial charge on any atom is -0.384 e. The fraction of sp³-hybridized carbons (Fsp3) is 0.375. The topological polar surface area (TPSA) is 81.3 Å². The number of hydrogen-bond donors (Lipinski definition) is 2. The molecule has 4 heterocycles. The summed E-state index contributed by atoms with van der Waals surface area (Å²) in [7, 11) is 0. The van der Waals surface area contributed by atoms with Gasteiger partial charge in [-0.3, -0.25) is 9.69 Å². The van der Waals surface area contributed by atoms with E-state index in [1.165, 1.54) is 23.4 Å². The summed E-state index contributed by atoms with van der Waals surface area (Å²) < 4.78 is 14.2. The number of piperazine rings is 1. The van der Waals surface area contributed by atoms with Crippen LogP contribution in [0.2, 0.25) is 5.02 Å². The molecule has 1 saturated heterocycles. The summed E-state index contributed by atoms with van der Waals surface area (Å²) in [6, 6.07) is 5.61. The first-order valence-corrected chi connectivity index (χ1v) is 11.4. The Morgan fingerprint density at radius 1 is 1.18 bits per heavy atom. The summed E-state index contributed by atoms with van der Waals surface area (Å²) in [5, 5.41) is 4.86. The van der Waals surface area contributed by atoms with E-state index in [4.69, 9.17) is 16.4 Å². The number of anilines is 2. The number of H-pyrrole nitrogens is 1. The molecule has 9 heteroatoms. The van der Waals surface area contributed by atoms with Crippen LogP contribution in [0.4, 0.5) is 15.9 Å². The van der Waals surface area contributed by atoms with E-state index in [-0.39, 0.29) is 11.4 Å². The first-order chi connectivity index (χ1) is 16.0. The number of aromatic amines is 1. The number of carbonyl (C=O) groups excluding carboxylic acids is 1. The Bertz CT molecular complexity index is 1220. The smallest absolute Gasteiger partial charge is 0.253 e. The SMILES string of the molecule is C=O.Cc1cc(CN2CCN(c3ncc(Cl)cc3F)CC2)cc2[nH]c(=O)c3c(c12)NCCC3. The van der Waals surface area contributed by atoms with Gasteiger partial charge in [-0.15, -0.1) is 0 Å². The van der Waals surface area contributed by atoms with Gasteiger partial charge in [-0.1, -0.05) is 17.7 Å². The fourth-order valence-corrected chi connectivity index (χ4v) is 4.92. The van der Waals surface area contributed by atoms with Crippen LogP contribution in [0.5, 0.6) is 0 Å². The van der Waals surface area contributed by atoms with Crippen molar-refractivity contribution in [3.63, 3.8) is 0 Å². The van der Waals surface area contributed by atoms with Crippen molar-refractivity contribution in [1.82, 2.24) is 14.9 Å². The van der Waals surface area contributed by atoms with Crippen LogP contribution in [0.1, 0.15) is 23.1 Å². The van der Waals surface area contributed by atoms with Crippen LogP contribution < -0.4 is 15.8 Å². The number of aryl methyl sites for hydroxylation is 1. The molecule has 2 N–H and O–H groups in total. The monoisotopic (exact) mass is 471 g/mol. The van der Waals surface area contributed by atoms with Gasteiger partial charge in [0.25, 0.3) is 5.56 Å². The van der Waals surface area contributed by atoms with Crippen LogP contribution in [0.25, 0.3) is 10.9 Å². The van der Waals surface area contributed by atoms with Gasteiger partial charge < -0.3 is 20.0 Å². The van der Waals surface area contributed by atoms with Gasteiger partial charge in [-0.25, -0.2) is 9.37 Å². The first-order valence-electron chi connectivity index (χ1n) is 11.0. The molecule has 0 atom stereocenters. The zero-order valence-electron chi connectivity index (χ0n) is 18.6. The molecule has 0 unspecified atom stereocenters. The Balaban J connectivity index is 0.00000126. The molecule has 3 aromatic rings. The van der Waals surface area contributed by atoms with Crippen LogP contribution in [-0.2, 0) is 17.8 Å². The highest BCUT2D eigenvalue weighted by Gasteiger charge is 2.22. The summed E-state index contributed by atoms with van der Waals surface area (Å²) in [6.45, 7) is 8.81. The number of nitrogens with one attached hydrogen (secondary N) is 2. The number of hydrogen-bond acceptors (Lipinski definition) is 6. The van der Waals surface area contributed by atoms with E-state index in [0.717, 1.165) is 61.2 Å². The second kappa shape index (κ2) is 9.89. The van der Waals surface area contributed by atoms with E-state index < -0.39 is 0 Å². The van der Waals surface area contributed by atoms with E-state index in [9.17, 15) is 9.18 Å². The Hall–Kier alpha value is -2.97. The number of rotatable bonds is 3. The third-order valence-electron chi connectivity index (χ3n) is 6.24. The highest BCUT2D eigenvalue weighted by molar-refractivity contribution is 6.30. The molecule has 1 aromatic carbocycles. The lowest BCUT2D eigenvalue weighted by Crippen LogP contribution is -2.46. The van der Waals surface area contributed by atoms with Crippen molar-refractivity contribution < 1.29 is 9.18 Å². The van der Waals surface area contributed by atoms with Gasteiger partial charge in [-0.2, -0.15) is 0 Å². The van der Waals surface area contributed by atoms with Gasteiger partial charge in [0.1, 0.15) is 6.79 Å². The van der Waals surface area contributed by atoms with Crippen molar-refractivity contribution >= 4 is 40.8 Å².